The lowest BCUT2D eigenvalue weighted by atomic mass is 10.1. The lowest BCUT2D eigenvalue weighted by Crippen LogP contribution is -2.41. The van der Waals surface area contributed by atoms with Gasteiger partial charge in [0.15, 0.2) is 17.6 Å². The first-order valence-electron chi connectivity index (χ1n) is 10.6. The van der Waals surface area contributed by atoms with Gasteiger partial charge in [-0.15, -0.1) is 10.2 Å². The molecule has 0 spiro atoms. The lowest BCUT2D eigenvalue weighted by Gasteiger charge is -2.33. The standard InChI is InChI=1S/C23H25N5O4S/c1-4-31-17-11-9-16(10-12-17)24-20(29)14-33-23-26-25-22(27(23)3)15(2)28-18-7-5-6-8-19(18)32-13-21(28)30/h5-12,15H,4,13-14H2,1-3H3,(H,24,29). The number of hydrogen-bond acceptors (Lipinski definition) is 7. The minimum absolute atomic E-state index is 0.0213. The molecule has 1 N–H and O–H groups in total. The summed E-state index contributed by atoms with van der Waals surface area (Å²) < 4.78 is 12.8. The molecule has 1 unspecified atom stereocenters. The Kier molecular flexibility index (Phi) is 6.83. The van der Waals surface area contributed by atoms with Crippen LogP contribution in [0.5, 0.6) is 11.5 Å². The summed E-state index contributed by atoms with van der Waals surface area (Å²) in [6.45, 7) is 4.39. The number of nitrogens with zero attached hydrogens (tertiary/aromatic N) is 4. The van der Waals surface area contributed by atoms with Crippen molar-refractivity contribution in [2.24, 2.45) is 7.05 Å². The number of benzene rings is 2. The van der Waals surface area contributed by atoms with Crippen molar-refractivity contribution < 1.29 is 19.1 Å². The minimum atomic E-state index is -0.355. The lowest BCUT2D eigenvalue weighted by molar-refractivity contribution is -0.121. The average Bonchev–Trinajstić information content (AvgIpc) is 3.19. The molecule has 0 saturated heterocycles. The van der Waals surface area contributed by atoms with Crippen LogP contribution in [-0.2, 0) is 16.6 Å². The van der Waals surface area contributed by atoms with E-state index in [2.05, 4.69) is 15.5 Å². The number of rotatable bonds is 8. The molecule has 3 aromatic rings. The molecular weight excluding hydrogens is 442 g/mol. The van der Waals surface area contributed by atoms with Crippen LogP contribution in [0.2, 0.25) is 0 Å². The van der Waals surface area contributed by atoms with Gasteiger partial charge in [-0.2, -0.15) is 0 Å². The molecular formula is C23H25N5O4S. The molecule has 0 radical (unpaired) electrons. The van der Waals surface area contributed by atoms with E-state index in [0.717, 1.165) is 5.75 Å². The van der Waals surface area contributed by atoms with E-state index in [0.29, 0.717) is 34.7 Å². The van der Waals surface area contributed by atoms with Crippen molar-refractivity contribution in [2.45, 2.75) is 25.0 Å². The maximum Gasteiger partial charge on any atom is 0.265 e. The smallest absolute Gasteiger partial charge is 0.265 e. The van der Waals surface area contributed by atoms with Crippen molar-refractivity contribution in [2.75, 3.05) is 29.2 Å². The molecule has 0 aliphatic carbocycles. The van der Waals surface area contributed by atoms with E-state index in [1.165, 1.54) is 11.8 Å². The predicted octanol–water partition coefficient (Wildman–Crippen LogP) is 3.43. The van der Waals surface area contributed by atoms with Crippen LogP contribution in [0.1, 0.15) is 25.7 Å². The average molecular weight is 468 g/mol. The van der Waals surface area contributed by atoms with E-state index >= 15 is 0 Å². The molecule has 1 atom stereocenters. The highest BCUT2D eigenvalue weighted by molar-refractivity contribution is 7.99. The van der Waals surface area contributed by atoms with Crippen LogP contribution in [0.4, 0.5) is 11.4 Å². The highest BCUT2D eigenvalue weighted by Crippen LogP contribution is 2.37. The number of para-hydroxylation sites is 2. The van der Waals surface area contributed by atoms with E-state index in [1.807, 2.05) is 61.9 Å². The third kappa shape index (κ3) is 4.95. The molecule has 4 rings (SSSR count). The van der Waals surface area contributed by atoms with Crippen LogP contribution in [-0.4, -0.2) is 45.5 Å². The number of carbonyl (C=O) groups excluding carboxylic acids is 2. The number of fused-ring (bicyclic) bond motifs is 1. The molecule has 1 aromatic heterocycles. The molecule has 10 heteroatoms. The summed E-state index contributed by atoms with van der Waals surface area (Å²) in [4.78, 5) is 26.7. The highest BCUT2D eigenvalue weighted by Gasteiger charge is 2.32. The highest BCUT2D eigenvalue weighted by atomic mass is 32.2. The van der Waals surface area contributed by atoms with Crippen molar-refractivity contribution >= 4 is 35.0 Å². The number of anilines is 2. The number of carbonyl (C=O) groups is 2. The topological polar surface area (TPSA) is 98.6 Å². The Labute approximate surface area is 196 Å². The molecule has 0 saturated carbocycles. The van der Waals surface area contributed by atoms with E-state index < -0.39 is 0 Å². The van der Waals surface area contributed by atoms with Crippen LogP contribution in [0, 0.1) is 0 Å². The van der Waals surface area contributed by atoms with E-state index in [4.69, 9.17) is 9.47 Å². The van der Waals surface area contributed by atoms with Crippen LogP contribution >= 0.6 is 11.8 Å². The number of amides is 2. The van der Waals surface area contributed by atoms with E-state index in [-0.39, 0.29) is 30.2 Å². The van der Waals surface area contributed by atoms with Gasteiger partial charge < -0.3 is 19.4 Å². The fraction of sp³-hybridized carbons (Fsp3) is 0.304. The molecule has 2 aromatic carbocycles. The quantitative estimate of drug-likeness (QED) is 0.507. The van der Waals surface area contributed by atoms with Crippen LogP contribution in [0.25, 0.3) is 0 Å². The van der Waals surface area contributed by atoms with Gasteiger partial charge in [-0.05, 0) is 50.2 Å². The van der Waals surface area contributed by atoms with Crippen molar-refractivity contribution in [1.82, 2.24) is 14.8 Å². The molecule has 1 aliphatic heterocycles. The third-order valence-electron chi connectivity index (χ3n) is 5.16. The molecule has 2 amide bonds. The summed E-state index contributed by atoms with van der Waals surface area (Å²) in [5.74, 6) is 1.91. The summed E-state index contributed by atoms with van der Waals surface area (Å²) in [5.41, 5.74) is 1.40. The van der Waals surface area contributed by atoms with Crippen molar-refractivity contribution in [3.05, 3.63) is 54.4 Å². The maximum absolute atomic E-state index is 12.6. The van der Waals surface area contributed by atoms with Crippen molar-refractivity contribution in [1.29, 1.82) is 0 Å². The van der Waals surface area contributed by atoms with Crippen LogP contribution < -0.4 is 19.7 Å². The van der Waals surface area contributed by atoms with Crippen molar-refractivity contribution in [3.8, 4) is 11.5 Å². The maximum atomic E-state index is 12.6. The summed E-state index contributed by atoms with van der Waals surface area (Å²) in [5, 5.41) is 12.0. The summed E-state index contributed by atoms with van der Waals surface area (Å²) in [6, 6.07) is 14.3. The Morgan fingerprint density at radius 1 is 1.21 bits per heavy atom. The first kappa shape index (κ1) is 22.7. The first-order chi connectivity index (χ1) is 16.0. The zero-order chi connectivity index (χ0) is 23.4. The van der Waals surface area contributed by atoms with Crippen LogP contribution in [0.3, 0.4) is 0 Å². The number of ether oxygens (including phenoxy) is 2. The zero-order valence-corrected chi connectivity index (χ0v) is 19.5. The fourth-order valence-electron chi connectivity index (χ4n) is 3.61. The number of nitrogens with one attached hydrogen (secondary N) is 1. The van der Waals surface area contributed by atoms with Gasteiger partial charge in [0.2, 0.25) is 5.91 Å². The molecule has 2 heterocycles. The van der Waals surface area contributed by atoms with Gasteiger partial charge in [-0.3, -0.25) is 14.5 Å². The largest absolute Gasteiger partial charge is 0.494 e. The summed E-state index contributed by atoms with van der Waals surface area (Å²) >= 11 is 1.28. The van der Waals surface area contributed by atoms with Gasteiger partial charge in [-0.1, -0.05) is 23.9 Å². The Bertz CT molecular complexity index is 1150. The molecule has 33 heavy (non-hydrogen) atoms. The van der Waals surface area contributed by atoms with Gasteiger partial charge in [0.05, 0.1) is 24.1 Å². The van der Waals surface area contributed by atoms with Gasteiger partial charge >= 0.3 is 0 Å². The Morgan fingerprint density at radius 2 is 1.97 bits per heavy atom. The Hall–Kier alpha value is -3.53. The van der Waals surface area contributed by atoms with Gasteiger partial charge in [0.25, 0.3) is 5.91 Å². The van der Waals surface area contributed by atoms with Crippen LogP contribution in [0.15, 0.2) is 53.7 Å². The molecule has 1 aliphatic rings. The SMILES string of the molecule is CCOc1ccc(NC(=O)CSc2nnc(C(C)N3C(=O)COc4ccccc43)n2C)cc1. The molecule has 172 valence electrons. The first-order valence-corrected chi connectivity index (χ1v) is 11.5. The van der Waals surface area contributed by atoms with Crippen molar-refractivity contribution in [3.63, 3.8) is 0 Å². The normalized spacial score (nSPS) is 13.8. The second-order valence-corrected chi connectivity index (χ2v) is 8.33. The molecule has 9 nitrogen and oxygen atoms in total. The summed E-state index contributed by atoms with van der Waals surface area (Å²) in [6.07, 6.45) is 0. The second-order valence-electron chi connectivity index (χ2n) is 7.39. The number of aromatic nitrogens is 3. The zero-order valence-electron chi connectivity index (χ0n) is 18.6. The minimum Gasteiger partial charge on any atom is -0.494 e. The number of hydrogen-bond donors (Lipinski definition) is 1. The van der Waals surface area contributed by atoms with E-state index in [1.54, 1.807) is 17.0 Å². The van der Waals surface area contributed by atoms with Gasteiger partial charge in [0.1, 0.15) is 11.5 Å². The predicted molar refractivity (Wildman–Crippen MR) is 126 cm³/mol. The van der Waals surface area contributed by atoms with Gasteiger partial charge in [-0.25, -0.2) is 0 Å². The number of thioether (sulfide) groups is 1. The monoisotopic (exact) mass is 467 g/mol. The van der Waals surface area contributed by atoms with Gasteiger partial charge in [0, 0.05) is 12.7 Å². The third-order valence-corrected chi connectivity index (χ3v) is 6.18. The second kappa shape index (κ2) is 9.95. The molecule has 0 bridgehead atoms. The molecule has 0 fully saturated rings. The van der Waals surface area contributed by atoms with E-state index in [9.17, 15) is 9.59 Å². The Morgan fingerprint density at radius 3 is 2.73 bits per heavy atom. The fourth-order valence-corrected chi connectivity index (χ4v) is 4.32. The Balaban J connectivity index is 1.41. The summed E-state index contributed by atoms with van der Waals surface area (Å²) in [7, 11) is 1.83.